The Hall–Kier alpha value is -2.34. The van der Waals surface area contributed by atoms with Crippen LogP contribution in [0.25, 0.3) is 5.78 Å². The van der Waals surface area contributed by atoms with E-state index in [0.29, 0.717) is 28.7 Å². The summed E-state index contributed by atoms with van der Waals surface area (Å²) in [6, 6.07) is 7.58. The van der Waals surface area contributed by atoms with E-state index in [2.05, 4.69) is 15.1 Å². The smallest absolute Gasteiger partial charge is 0.277 e. The fourth-order valence-electron chi connectivity index (χ4n) is 3.54. The molecular weight excluding hydrogens is 326 g/mol. The summed E-state index contributed by atoms with van der Waals surface area (Å²) in [5.74, 6) is 0.848. The highest BCUT2D eigenvalue weighted by Crippen LogP contribution is 2.34. The van der Waals surface area contributed by atoms with Crippen LogP contribution in [0.1, 0.15) is 48.4 Å². The minimum absolute atomic E-state index is 0.133. The van der Waals surface area contributed by atoms with Gasteiger partial charge in [0.15, 0.2) is 0 Å². The van der Waals surface area contributed by atoms with Crippen LogP contribution in [0, 0.1) is 0 Å². The van der Waals surface area contributed by atoms with E-state index in [1.165, 1.54) is 17.4 Å². The maximum Gasteiger partial charge on any atom is 0.277 e. The number of benzene rings is 1. The number of aromatic nitrogens is 4. The van der Waals surface area contributed by atoms with Crippen LogP contribution in [0.15, 0.2) is 29.1 Å². The molecule has 2 heterocycles. The van der Waals surface area contributed by atoms with E-state index in [9.17, 15) is 4.79 Å². The Balaban J connectivity index is 1.88. The van der Waals surface area contributed by atoms with Crippen molar-refractivity contribution in [2.75, 3.05) is 5.73 Å². The molecule has 1 saturated carbocycles. The van der Waals surface area contributed by atoms with Gasteiger partial charge in [0, 0.05) is 22.9 Å². The standard InChI is InChI=1S/C17H18ClN5O/c18-12-7-3-4-10(8-12)9-13-14(11-5-1-2-6-11)20-17-21-16(19)22-23(17)15(13)24/h3-4,7-8,11H,1-2,5-6,9H2,(H3,19,20,21,22). The van der Waals surface area contributed by atoms with Crippen molar-refractivity contribution in [2.24, 2.45) is 0 Å². The van der Waals surface area contributed by atoms with Gasteiger partial charge in [-0.2, -0.15) is 9.50 Å². The highest BCUT2D eigenvalue weighted by atomic mass is 35.5. The molecule has 1 fully saturated rings. The fourth-order valence-corrected chi connectivity index (χ4v) is 3.75. The van der Waals surface area contributed by atoms with E-state index in [1.54, 1.807) is 0 Å². The van der Waals surface area contributed by atoms with Crippen LogP contribution in [0.5, 0.6) is 0 Å². The van der Waals surface area contributed by atoms with E-state index in [1.807, 2.05) is 24.3 Å². The lowest BCUT2D eigenvalue weighted by atomic mass is 9.95. The number of rotatable bonds is 3. The zero-order valence-electron chi connectivity index (χ0n) is 13.1. The van der Waals surface area contributed by atoms with Gasteiger partial charge in [-0.25, -0.2) is 4.98 Å². The number of aromatic amines is 1. The Morgan fingerprint density at radius 2 is 2.08 bits per heavy atom. The van der Waals surface area contributed by atoms with Crippen molar-refractivity contribution < 1.29 is 0 Å². The molecule has 0 atom stereocenters. The minimum Gasteiger partial charge on any atom is -0.368 e. The second-order valence-electron chi connectivity index (χ2n) is 6.31. The highest BCUT2D eigenvalue weighted by molar-refractivity contribution is 6.30. The van der Waals surface area contributed by atoms with Crippen molar-refractivity contribution in [1.82, 2.24) is 19.6 Å². The van der Waals surface area contributed by atoms with Gasteiger partial charge in [0.1, 0.15) is 0 Å². The molecule has 4 rings (SSSR count). The van der Waals surface area contributed by atoms with Gasteiger partial charge in [-0.05, 0) is 30.5 Å². The number of H-pyrrole nitrogens is 1. The third kappa shape index (κ3) is 2.67. The largest absolute Gasteiger partial charge is 0.368 e. The predicted molar refractivity (Wildman–Crippen MR) is 93.5 cm³/mol. The van der Waals surface area contributed by atoms with Gasteiger partial charge in [-0.15, -0.1) is 0 Å². The number of nitrogens with two attached hydrogens (primary N) is 1. The summed E-state index contributed by atoms with van der Waals surface area (Å²) in [7, 11) is 0. The van der Waals surface area contributed by atoms with Gasteiger partial charge in [0.2, 0.25) is 5.95 Å². The summed E-state index contributed by atoms with van der Waals surface area (Å²) in [4.78, 5) is 21.8. The predicted octanol–water partition coefficient (Wildman–Crippen LogP) is 2.90. The Labute approximate surface area is 143 Å². The topological polar surface area (TPSA) is 89.1 Å². The number of anilines is 1. The second-order valence-corrected chi connectivity index (χ2v) is 6.75. The summed E-state index contributed by atoms with van der Waals surface area (Å²) in [6.45, 7) is 0. The summed E-state index contributed by atoms with van der Waals surface area (Å²) >= 11 is 6.08. The molecule has 24 heavy (non-hydrogen) atoms. The summed E-state index contributed by atoms with van der Waals surface area (Å²) in [5.41, 5.74) is 8.13. The number of halogens is 1. The molecule has 7 heteroatoms. The third-order valence-corrected chi connectivity index (χ3v) is 4.88. The molecule has 0 bridgehead atoms. The third-order valence-electron chi connectivity index (χ3n) is 4.65. The van der Waals surface area contributed by atoms with Gasteiger partial charge in [-0.1, -0.05) is 36.6 Å². The van der Waals surface area contributed by atoms with Crippen LogP contribution in [-0.4, -0.2) is 19.6 Å². The minimum atomic E-state index is -0.133. The molecule has 0 radical (unpaired) electrons. The van der Waals surface area contributed by atoms with Gasteiger partial charge in [0.25, 0.3) is 11.3 Å². The highest BCUT2D eigenvalue weighted by Gasteiger charge is 2.25. The normalized spacial score (nSPS) is 15.4. The molecule has 3 aromatic rings. The van der Waals surface area contributed by atoms with Crippen molar-refractivity contribution in [1.29, 1.82) is 0 Å². The maximum atomic E-state index is 13.0. The van der Waals surface area contributed by atoms with Crippen LogP contribution in [-0.2, 0) is 6.42 Å². The summed E-state index contributed by atoms with van der Waals surface area (Å²) in [5, 5.41) is 3.43. The SMILES string of the molecule is Nc1nc2nc(C3CCCC3)c(Cc3cccc(Cl)c3)c(=O)n2[nH]1. The number of nitrogens with one attached hydrogen (secondary N) is 1. The Bertz CT molecular complexity index is 955. The first-order valence-corrected chi connectivity index (χ1v) is 8.51. The molecule has 3 N–H and O–H groups in total. The molecule has 0 saturated heterocycles. The van der Waals surface area contributed by atoms with Gasteiger partial charge >= 0.3 is 0 Å². The van der Waals surface area contributed by atoms with Crippen LogP contribution in [0.3, 0.4) is 0 Å². The number of nitrogen functional groups attached to an aromatic ring is 1. The van der Waals surface area contributed by atoms with Crippen molar-refractivity contribution in [3.63, 3.8) is 0 Å². The molecule has 0 amide bonds. The molecular formula is C17H18ClN5O. The Morgan fingerprint density at radius 3 is 2.83 bits per heavy atom. The van der Waals surface area contributed by atoms with E-state index >= 15 is 0 Å². The van der Waals surface area contributed by atoms with Crippen LogP contribution < -0.4 is 11.3 Å². The van der Waals surface area contributed by atoms with Crippen molar-refractivity contribution >= 4 is 23.3 Å². The van der Waals surface area contributed by atoms with Crippen LogP contribution >= 0.6 is 11.6 Å². The van der Waals surface area contributed by atoms with Crippen LogP contribution in [0.2, 0.25) is 5.02 Å². The lowest BCUT2D eigenvalue weighted by molar-refractivity contribution is 0.677. The molecule has 6 nitrogen and oxygen atoms in total. The zero-order chi connectivity index (χ0) is 16.7. The first-order chi connectivity index (χ1) is 11.6. The van der Waals surface area contributed by atoms with E-state index in [4.69, 9.17) is 17.3 Å². The lowest BCUT2D eigenvalue weighted by Crippen LogP contribution is -2.24. The Kier molecular flexibility index (Phi) is 3.76. The van der Waals surface area contributed by atoms with E-state index in [-0.39, 0.29) is 11.5 Å². The lowest BCUT2D eigenvalue weighted by Gasteiger charge is -2.14. The average Bonchev–Trinajstić information content (AvgIpc) is 3.19. The van der Waals surface area contributed by atoms with Gasteiger partial charge in [-0.3, -0.25) is 9.89 Å². The van der Waals surface area contributed by atoms with E-state index in [0.717, 1.165) is 24.1 Å². The van der Waals surface area contributed by atoms with Crippen molar-refractivity contribution in [3.05, 3.63) is 56.5 Å². The molecule has 1 aliphatic carbocycles. The van der Waals surface area contributed by atoms with Gasteiger partial charge in [0.05, 0.1) is 5.69 Å². The van der Waals surface area contributed by atoms with Gasteiger partial charge < -0.3 is 5.73 Å². The number of nitrogens with zero attached hydrogens (tertiary/aromatic N) is 3. The average molecular weight is 344 g/mol. The van der Waals surface area contributed by atoms with E-state index < -0.39 is 0 Å². The molecule has 0 aliphatic heterocycles. The molecule has 0 spiro atoms. The molecule has 1 aliphatic rings. The molecule has 0 unspecified atom stereocenters. The fraction of sp³-hybridized carbons (Fsp3) is 0.353. The van der Waals surface area contributed by atoms with Crippen molar-refractivity contribution in [2.45, 2.75) is 38.0 Å². The van der Waals surface area contributed by atoms with Crippen LogP contribution in [0.4, 0.5) is 5.95 Å². The second kappa shape index (κ2) is 5.94. The number of hydrogen-bond donors (Lipinski definition) is 2. The molecule has 124 valence electrons. The molecule has 2 aromatic heterocycles. The first kappa shape index (κ1) is 15.2. The summed E-state index contributed by atoms with van der Waals surface area (Å²) < 4.78 is 1.33. The maximum absolute atomic E-state index is 13.0. The molecule has 1 aromatic carbocycles. The van der Waals surface area contributed by atoms with Crippen molar-refractivity contribution in [3.8, 4) is 0 Å². The quantitative estimate of drug-likeness (QED) is 0.765. The monoisotopic (exact) mass is 343 g/mol. The summed E-state index contributed by atoms with van der Waals surface area (Å²) in [6.07, 6.45) is 4.96. The Morgan fingerprint density at radius 1 is 1.29 bits per heavy atom. The number of hydrogen-bond acceptors (Lipinski definition) is 4. The zero-order valence-corrected chi connectivity index (χ0v) is 13.9. The number of fused-ring (bicyclic) bond motifs is 1. The first-order valence-electron chi connectivity index (χ1n) is 8.13.